The smallest absolute Gasteiger partial charge is 0.339 e. The second-order valence-corrected chi connectivity index (χ2v) is 7.33. The number of carbonyl (C=O) groups is 2. The number of ether oxygens (including phenoxy) is 2. The average Bonchev–Trinajstić information content (AvgIpc) is 3.29. The molecule has 0 aliphatic heterocycles. The third-order valence-corrected chi connectivity index (χ3v) is 5.31. The van der Waals surface area contributed by atoms with Crippen LogP contribution in [0.1, 0.15) is 40.0 Å². The Hall–Kier alpha value is -4.19. The van der Waals surface area contributed by atoms with Crippen molar-refractivity contribution < 1.29 is 19.1 Å². The number of H-pyrrole nitrogens is 1. The highest BCUT2D eigenvalue weighted by Crippen LogP contribution is 2.31. The van der Waals surface area contributed by atoms with Crippen LogP contribution in [0.4, 0.5) is 0 Å². The Labute approximate surface area is 191 Å². The molecule has 0 spiro atoms. The molecular formula is C27H24N2O4. The predicted octanol–water partition coefficient (Wildman–Crippen LogP) is 5.10. The van der Waals surface area contributed by atoms with E-state index in [2.05, 4.69) is 4.98 Å². The molecule has 6 heteroatoms. The van der Waals surface area contributed by atoms with Crippen LogP contribution in [0.3, 0.4) is 0 Å². The predicted molar refractivity (Wildman–Crippen MR) is 128 cm³/mol. The first-order chi connectivity index (χ1) is 16.1. The molecule has 0 saturated heterocycles. The van der Waals surface area contributed by atoms with Crippen LogP contribution in [0.15, 0.2) is 90.1 Å². The quantitative estimate of drug-likeness (QED) is 0.320. The van der Waals surface area contributed by atoms with E-state index in [1.165, 1.54) is 7.11 Å². The van der Waals surface area contributed by atoms with E-state index in [4.69, 9.17) is 14.5 Å². The van der Waals surface area contributed by atoms with Crippen molar-refractivity contribution in [3.8, 4) is 0 Å². The standard InChI is InChI=1S/C27H24N2O4/c1-3-33-27(31)25(22-17-28-24-20(22)15-10-16-21(24)26(30)32-2)29-23(18-11-6-4-7-12-18)19-13-8-5-9-14-19/h4-17,25,28H,3H2,1-2H3. The number of aromatic amines is 1. The second-order valence-electron chi connectivity index (χ2n) is 7.33. The summed E-state index contributed by atoms with van der Waals surface area (Å²) in [6, 6.07) is 23.8. The molecule has 4 rings (SSSR count). The summed E-state index contributed by atoms with van der Waals surface area (Å²) in [4.78, 5) is 33.4. The van der Waals surface area contributed by atoms with Crippen LogP contribution in [0.5, 0.6) is 0 Å². The molecule has 4 aromatic rings. The van der Waals surface area contributed by atoms with E-state index in [0.717, 1.165) is 11.1 Å². The van der Waals surface area contributed by atoms with E-state index in [1.807, 2.05) is 66.7 Å². The molecule has 3 aromatic carbocycles. The summed E-state index contributed by atoms with van der Waals surface area (Å²) in [6.07, 6.45) is 1.70. The van der Waals surface area contributed by atoms with Gasteiger partial charge in [0.1, 0.15) is 0 Å². The van der Waals surface area contributed by atoms with Gasteiger partial charge in [-0.15, -0.1) is 0 Å². The Kier molecular flexibility index (Phi) is 6.64. The highest BCUT2D eigenvalue weighted by molar-refractivity contribution is 6.14. The van der Waals surface area contributed by atoms with Crippen molar-refractivity contribution in [2.45, 2.75) is 13.0 Å². The molecule has 1 atom stereocenters. The zero-order valence-corrected chi connectivity index (χ0v) is 18.4. The Morgan fingerprint density at radius 1 is 0.909 bits per heavy atom. The maximum Gasteiger partial charge on any atom is 0.339 e. The van der Waals surface area contributed by atoms with Gasteiger partial charge in [-0.05, 0) is 13.0 Å². The summed E-state index contributed by atoms with van der Waals surface area (Å²) in [7, 11) is 1.34. The molecule has 1 heterocycles. The Morgan fingerprint density at radius 3 is 2.12 bits per heavy atom. The third-order valence-electron chi connectivity index (χ3n) is 5.31. The number of nitrogens with one attached hydrogen (secondary N) is 1. The number of hydrogen-bond acceptors (Lipinski definition) is 5. The van der Waals surface area contributed by atoms with Gasteiger partial charge in [0.15, 0.2) is 6.04 Å². The van der Waals surface area contributed by atoms with Crippen molar-refractivity contribution in [3.63, 3.8) is 0 Å². The molecule has 1 unspecified atom stereocenters. The molecule has 0 saturated carbocycles. The normalized spacial score (nSPS) is 11.6. The van der Waals surface area contributed by atoms with E-state index in [-0.39, 0.29) is 6.61 Å². The summed E-state index contributed by atoms with van der Waals surface area (Å²) >= 11 is 0. The lowest BCUT2D eigenvalue weighted by Gasteiger charge is -2.15. The maximum atomic E-state index is 13.1. The topological polar surface area (TPSA) is 80.8 Å². The van der Waals surface area contributed by atoms with Gasteiger partial charge in [0, 0.05) is 28.3 Å². The number of aliphatic imine (C=N–C) groups is 1. The molecule has 33 heavy (non-hydrogen) atoms. The molecule has 0 aliphatic rings. The number of benzene rings is 3. The van der Waals surface area contributed by atoms with Crippen LogP contribution in [0.25, 0.3) is 10.9 Å². The van der Waals surface area contributed by atoms with E-state index >= 15 is 0 Å². The number of hydrogen-bond donors (Lipinski definition) is 1. The highest BCUT2D eigenvalue weighted by Gasteiger charge is 2.27. The van der Waals surface area contributed by atoms with Crippen LogP contribution in [-0.4, -0.2) is 36.4 Å². The van der Waals surface area contributed by atoms with Crippen molar-refractivity contribution in [2.24, 2.45) is 4.99 Å². The van der Waals surface area contributed by atoms with Gasteiger partial charge in [-0.2, -0.15) is 0 Å². The fraction of sp³-hybridized carbons (Fsp3) is 0.148. The van der Waals surface area contributed by atoms with Crippen molar-refractivity contribution in [1.29, 1.82) is 0 Å². The molecule has 0 radical (unpaired) electrons. The van der Waals surface area contributed by atoms with Gasteiger partial charge in [0.2, 0.25) is 0 Å². The molecule has 1 N–H and O–H groups in total. The lowest BCUT2D eigenvalue weighted by atomic mass is 10.00. The first-order valence-corrected chi connectivity index (χ1v) is 10.7. The molecular weight excluding hydrogens is 416 g/mol. The molecule has 1 aromatic heterocycles. The Bertz CT molecular complexity index is 1250. The first-order valence-electron chi connectivity index (χ1n) is 10.7. The number of rotatable bonds is 7. The van der Waals surface area contributed by atoms with E-state index < -0.39 is 18.0 Å². The number of carbonyl (C=O) groups excluding carboxylic acids is 2. The maximum absolute atomic E-state index is 13.1. The van der Waals surface area contributed by atoms with Gasteiger partial charge in [-0.1, -0.05) is 72.8 Å². The minimum Gasteiger partial charge on any atom is -0.465 e. The SMILES string of the molecule is CCOC(=O)C(N=C(c1ccccc1)c1ccccc1)c1c[nH]c2c(C(=O)OC)cccc12. The number of esters is 2. The largest absolute Gasteiger partial charge is 0.465 e. The third kappa shape index (κ3) is 4.55. The summed E-state index contributed by atoms with van der Waals surface area (Å²) in [5.74, 6) is -0.925. The zero-order valence-electron chi connectivity index (χ0n) is 18.4. The number of nitrogens with zero attached hydrogens (tertiary/aromatic N) is 1. The number of fused-ring (bicyclic) bond motifs is 1. The Morgan fingerprint density at radius 2 is 1.55 bits per heavy atom. The molecule has 0 aliphatic carbocycles. The Balaban J connectivity index is 1.92. The van der Waals surface area contributed by atoms with Crippen LogP contribution in [-0.2, 0) is 14.3 Å². The summed E-state index contributed by atoms with van der Waals surface area (Å²) < 4.78 is 10.3. The van der Waals surface area contributed by atoms with Crippen molar-refractivity contribution in [1.82, 2.24) is 4.98 Å². The van der Waals surface area contributed by atoms with Gasteiger partial charge in [0.05, 0.1) is 30.5 Å². The van der Waals surface area contributed by atoms with E-state index in [9.17, 15) is 9.59 Å². The van der Waals surface area contributed by atoms with Crippen LogP contribution in [0, 0.1) is 0 Å². The van der Waals surface area contributed by atoms with Crippen LogP contribution < -0.4 is 0 Å². The second kappa shape index (κ2) is 9.96. The average molecular weight is 440 g/mol. The molecule has 0 fully saturated rings. The van der Waals surface area contributed by atoms with Gasteiger partial charge in [-0.3, -0.25) is 4.99 Å². The van der Waals surface area contributed by atoms with Crippen LogP contribution >= 0.6 is 0 Å². The van der Waals surface area contributed by atoms with E-state index in [1.54, 1.807) is 25.3 Å². The highest BCUT2D eigenvalue weighted by atomic mass is 16.5. The van der Waals surface area contributed by atoms with Crippen molar-refractivity contribution in [3.05, 3.63) is 107 Å². The fourth-order valence-corrected chi connectivity index (χ4v) is 3.79. The zero-order chi connectivity index (χ0) is 23.2. The molecule has 166 valence electrons. The first kappa shape index (κ1) is 22.0. The summed E-state index contributed by atoms with van der Waals surface area (Å²) in [5, 5.41) is 0.708. The summed E-state index contributed by atoms with van der Waals surface area (Å²) in [5.41, 5.74) is 4.04. The number of para-hydroxylation sites is 1. The fourth-order valence-electron chi connectivity index (χ4n) is 3.79. The lowest BCUT2D eigenvalue weighted by Crippen LogP contribution is -2.17. The van der Waals surface area contributed by atoms with Crippen molar-refractivity contribution in [2.75, 3.05) is 13.7 Å². The van der Waals surface area contributed by atoms with Gasteiger partial charge >= 0.3 is 11.9 Å². The van der Waals surface area contributed by atoms with Gasteiger partial charge in [0.25, 0.3) is 0 Å². The molecule has 0 amide bonds. The van der Waals surface area contributed by atoms with Crippen LogP contribution in [0.2, 0.25) is 0 Å². The molecule has 6 nitrogen and oxygen atoms in total. The molecule has 0 bridgehead atoms. The monoisotopic (exact) mass is 440 g/mol. The lowest BCUT2D eigenvalue weighted by molar-refractivity contribution is -0.144. The minimum atomic E-state index is -0.929. The van der Waals surface area contributed by atoms with Gasteiger partial charge < -0.3 is 14.5 Å². The van der Waals surface area contributed by atoms with Gasteiger partial charge in [-0.25, -0.2) is 9.59 Å². The summed E-state index contributed by atoms with van der Waals surface area (Å²) in [6.45, 7) is 1.99. The van der Waals surface area contributed by atoms with Crippen molar-refractivity contribution >= 4 is 28.6 Å². The van der Waals surface area contributed by atoms with E-state index in [0.29, 0.717) is 27.7 Å². The number of aromatic nitrogens is 1. The minimum absolute atomic E-state index is 0.229. The number of methoxy groups -OCH3 is 1.